The summed E-state index contributed by atoms with van der Waals surface area (Å²) in [6, 6.07) is 17.1. The van der Waals surface area contributed by atoms with Crippen molar-refractivity contribution in [3.63, 3.8) is 0 Å². The summed E-state index contributed by atoms with van der Waals surface area (Å²) in [7, 11) is 3.32. The molecule has 0 bridgehead atoms. The number of hydrogen-bond donors (Lipinski definition) is 0. The predicted molar refractivity (Wildman–Crippen MR) is 107 cm³/mol. The van der Waals surface area contributed by atoms with E-state index in [9.17, 15) is 4.39 Å². The summed E-state index contributed by atoms with van der Waals surface area (Å²) in [5, 5.41) is 0. The Morgan fingerprint density at radius 3 is 2.46 bits per heavy atom. The van der Waals surface area contributed by atoms with Gasteiger partial charge in [-0.1, -0.05) is 12.1 Å². The Balaban J connectivity index is 1.74. The molecule has 1 aliphatic heterocycles. The van der Waals surface area contributed by atoms with Gasteiger partial charge in [0.1, 0.15) is 17.3 Å². The lowest BCUT2D eigenvalue weighted by Crippen LogP contribution is -2.29. The van der Waals surface area contributed by atoms with Crippen LogP contribution in [0.15, 0.2) is 60.8 Å². The second-order valence-electron chi connectivity index (χ2n) is 7.13. The first-order valence-corrected chi connectivity index (χ1v) is 9.54. The monoisotopic (exact) mass is 380 g/mol. The highest BCUT2D eigenvalue weighted by Gasteiger charge is 2.27. The third kappa shape index (κ3) is 3.76. The molecule has 4 rings (SSSR count). The maximum atomic E-state index is 14.0. The van der Waals surface area contributed by atoms with E-state index in [0.29, 0.717) is 0 Å². The topological polar surface area (TPSA) is 26.6 Å². The molecule has 0 fully saturated rings. The highest BCUT2D eigenvalue weighted by molar-refractivity contribution is 5.39. The zero-order valence-electron chi connectivity index (χ0n) is 16.3. The molecular formula is C23H25FN2O2. The van der Waals surface area contributed by atoms with E-state index in [1.165, 1.54) is 11.8 Å². The van der Waals surface area contributed by atoms with E-state index in [2.05, 4.69) is 27.8 Å². The number of ether oxygens (including phenoxy) is 2. The average molecular weight is 380 g/mol. The molecule has 2 heterocycles. The molecule has 0 spiro atoms. The van der Waals surface area contributed by atoms with Gasteiger partial charge in [-0.3, -0.25) is 4.90 Å². The Morgan fingerprint density at radius 2 is 1.75 bits per heavy atom. The highest BCUT2D eigenvalue weighted by atomic mass is 19.1. The van der Waals surface area contributed by atoms with Crippen molar-refractivity contribution < 1.29 is 13.9 Å². The van der Waals surface area contributed by atoms with Gasteiger partial charge < -0.3 is 14.0 Å². The molecule has 4 nitrogen and oxygen atoms in total. The highest BCUT2D eigenvalue weighted by Crippen LogP contribution is 2.34. The first-order valence-electron chi connectivity index (χ1n) is 9.54. The third-order valence-corrected chi connectivity index (χ3v) is 5.32. The Hall–Kier alpha value is -2.79. The van der Waals surface area contributed by atoms with Crippen LogP contribution in [0.2, 0.25) is 0 Å². The van der Waals surface area contributed by atoms with Crippen LogP contribution in [0.1, 0.15) is 29.3 Å². The van der Waals surface area contributed by atoms with Crippen LogP contribution in [-0.4, -0.2) is 30.2 Å². The molecule has 1 atom stereocenters. The van der Waals surface area contributed by atoms with E-state index < -0.39 is 0 Å². The van der Waals surface area contributed by atoms with E-state index in [4.69, 9.17) is 9.47 Å². The van der Waals surface area contributed by atoms with Crippen LogP contribution in [0, 0.1) is 5.82 Å². The zero-order valence-corrected chi connectivity index (χ0v) is 16.3. The van der Waals surface area contributed by atoms with Crippen LogP contribution in [0.25, 0.3) is 0 Å². The zero-order chi connectivity index (χ0) is 19.5. The van der Waals surface area contributed by atoms with Gasteiger partial charge in [0.05, 0.1) is 20.3 Å². The maximum Gasteiger partial charge on any atom is 0.123 e. The molecule has 0 aliphatic carbocycles. The largest absolute Gasteiger partial charge is 0.497 e. The number of aromatic nitrogens is 1. The van der Waals surface area contributed by atoms with Gasteiger partial charge in [0.25, 0.3) is 0 Å². The fourth-order valence-electron chi connectivity index (χ4n) is 4.06. The van der Waals surface area contributed by atoms with Crippen molar-refractivity contribution in [2.75, 3.05) is 20.8 Å². The minimum absolute atomic E-state index is 0.00889. The number of fused-ring (bicyclic) bond motifs is 1. The molecule has 146 valence electrons. The van der Waals surface area contributed by atoms with Gasteiger partial charge in [-0.2, -0.15) is 0 Å². The molecule has 5 heteroatoms. The van der Waals surface area contributed by atoms with E-state index in [-0.39, 0.29) is 11.9 Å². The quantitative estimate of drug-likeness (QED) is 0.645. The van der Waals surface area contributed by atoms with Crippen LogP contribution in [0.3, 0.4) is 0 Å². The lowest BCUT2D eigenvalue weighted by Gasteiger charge is -2.31. The predicted octanol–water partition coefficient (Wildman–Crippen LogP) is 4.64. The van der Waals surface area contributed by atoms with Crippen LogP contribution < -0.4 is 9.47 Å². The van der Waals surface area contributed by atoms with Gasteiger partial charge in [-0.15, -0.1) is 0 Å². The summed E-state index contributed by atoms with van der Waals surface area (Å²) in [4.78, 5) is 2.40. The summed E-state index contributed by atoms with van der Waals surface area (Å²) in [5.74, 6) is 1.34. The molecule has 0 amide bonds. The summed E-state index contributed by atoms with van der Waals surface area (Å²) in [5.41, 5.74) is 3.27. The van der Waals surface area contributed by atoms with Gasteiger partial charge in [0.15, 0.2) is 0 Å². The molecule has 3 aromatic rings. The Morgan fingerprint density at radius 1 is 0.964 bits per heavy atom. The van der Waals surface area contributed by atoms with Gasteiger partial charge in [0, 0.05) is 37.6 Å². The van der Waals surface area contributed by atoms with Gasteiger partial charge in [-0.25, -0.2) is 4.39 Å². The van der Waals surface area contributed by atoms with Crippen LogP contribution in [0.4, 0.5) is 4.39 Å². The molecule has 1 aliphatic rings. The summed E-state index contributed by atoms with van der Waals surface area (Å²) < 4.78 is 27.2. The minimum atomic E-state index is -0.206. The number of hydrogen-bond acceptors (Lipinski definition) is 3. The number of benzene rings is 2. The van der Waals surface area contributed by atoms with E-state index in [1.807, 2.05) is 24.3 Å². The van der Waals surface area contributed by atoms with E-state index in [0.717, 1.165) is 48.7 Å². The second-order valence-corrected chi connectivity index (χ2v) is 7.13. The normalized spacial score (nSPS) is 17.0. The molecule has 0 saturated heterocycles. The molecule has 1 aromatic heterocycles. The van der Waals surface area contributed by atoms with E-state index in [1.54, 1.807) is 26.4 Å². The first-order chi connectivity index (χ1) is 13.7. The lowest BCUT2D eigenvalue weighted by atomic mass is 10.0. The minimum Gasteiger partial charge on any atom is -0.497 e. The number of nitrogens with zero attached hydrogens (tertiary/aromatic N) is 2. The smallest absolute Gasteiger partial charge is 0.123 e. The summed E-state index contributed by atoms with van der Waals surface area (Å²) >= 11 is 0. The SMILES string of the molecule is COc1cc(CN2CCCn3cccc3C2c2cccc(F)c2)cc(OC)c1. The van der Waals surface area contributed by atoms with Crippen LogP contribution >= 0.6 is 0 Å². The van der Waals surface area contributed by atoms with Crippen molar-refractivity contribution in [2.24, 2.45) is 0 Å². The van der Waals surface area contributed by atoms with Gasteiger partial charge >= 0.3 is 0 Å². The molecule has 2 aromatic carbocycles. The number of rotatable bonds is 5. The average Bonchev–Trinajstić information content (AvgIpc) is 3.09. The molecule has 28 heavy (non-hydrogen) atoms. The molecule has 1 unspecified atom stereocenters. The Labute approximate surface area is 165 Å². The van der Waals surface area contributed by atoms with Gasteiger partial charge in [0.2, 0.25) is 0 Å². The Bertz CT molecular complexity index is 931. The first kappa shape index (κ1) is 18.6. The number of methoxy groups -OCH3 is 2. The third-order valence-electron chi connectivity index (χ3n) is 5.32. The van der Waals surface area contributed by atoms with Crippen molar-refractivity contribution in [3.8, 4) is 11.5 Å². The molecular weight excluding hydrogens is 355 g/mol. The van der Waals surface area contributed by atoms with Crippen molar-refractivity contribution in [1.82, 2.24) is 9.47 Å². The van der Waals surface area contributed by atoms with Crippen LogP contribution in [0.5, 0.6) is 11.5 Å². The van der Waals surface area contributed by atoms with Crippen molar-refractivity contribution in [1.29, 1.82) is 0 Å². The number of halogens is 1. The van der Waals surface area contributed by atoms with Crippen molar-refractivity contribution >= 4 is 0 Å². The maximum absolute atomic E-state index is 14.0. The van der Waals surface area contributed by atoms with Crippen molar-refractivity contribution in [3.05, 3.63) is 83.4 Å². The van der Waals surface area contributed by atoms with E-state index >= 15 is 0 Å². The Kier molecular flexibility index (Phi) is 5.35. The number of aryl methyl sites for hydroxylation is 1. The fraction of sp³-hybridized carbons (Fsp3) is 0.304. The molecule has 0 saturated carbocycles. The van der Waals surface area contributed by atoms with Crippen molar-refractivity contribution in [2.45, 2.75) is 25.6 Å². The standard InChI is InChI=1S/C23H25FN2O2/c1-27-20-12-17(13-21(15-20)28-2)16-26-11-5-10-25-9-4-8-22(25)23(26)18-6-3-7-19(24)14-18/h3-4,6-9,12-15,23H,5,10-11,16H2,1-2H3. The van der Waals surface area contributed by atoms with Gasteiger partial charge in [-0.05, 0) is 53.9 Å². The lowest BCUT2D eigenvalue weighted by molar-refractivity contribution is 0.219. The fourth-order valence-corrected chi connectivity index (χ4v) is 4.06. The molecule has 0 radical (unpaired) electrons. The summed E-state index contributed by atoms with van der Waals surface area (Å²) in [6.07, 6.45) is 3.15. The molecule has 0 N–H and O–H groups in total. The summed E-state index contributed by atoms with van der Waals surface area (Å²) in [6.45, 7) is 2.61. The van der Waals surface area contributed by atoms with Crippen LogP contribution in [-0.2, 0) is 13.1 Å². The second kappa shape index (κ2) is 8.07.